The summed E-state index contributed by atoms with van der Waals surface area (Å²) in [5.74, 6) is -0.627. The summed E-state index contributed by atoms with van der Waals surface area (Å²) in [6.07, 6.45) is 5.48. The van der Waals surface area contributed by atoms with Gasteiger partial charge in [-0.1, -0.05) is 12.1 Å². The maximum atomic E-state index is 14.7. The Balaban J connectivity index is 1.66. The van der Waals surface area contributed by atoms with Crippen molar-refractivity contribution in [3.05, 3.63) is 77.8 Å². The molecule has 184 valence electrons. The first-order valence-electron chi connectivity index (χ1n) is 11.9. The number of aliphatic hydroxyl groups excluding tert-OH is 1. The van der Waals surface area contributed by atoms with Crippen molar-refractivity contribution < 1.29 is 18.6 Å². The van der Waals surface area contributed by atoms with E-state index >= 15 is 0 Å². The minimum Gasteiger partial charge on any atom is -0.491 e. The number of hydrogen-bond acceptors (Lipinski definition) is 5. The highest BCUT2D eigenvalue weighted by Crippen LogP contribution is 2.39. The molecule has 5 rings (SSSR count). The van der Waals surface area contributed by atoms with Crippen LogP contribution in [0.2, 0.25) is 0 Å². The fourth-order valence-electron chi connectivity index (χ4n) is 4.92. The van der Waals surface area contributed by atoms with Gasteiger partial charge in [-0.05, 0) is 62.3 Å². The molecule has 0 spiro atoms. The fraction of sp³-hybridized carbons (Fsp3) is 0.286. The van der Waals surface area contributed by atoms with E-state index in [4.69, 9.17) is 4.74 Å². The van der Waals surface area contributed by atoms with Gasteiger partial charge < -0.3 is 14.7 Å². The Kier molecular flexibility index (Phi) is 6.68. The molecule has 0 bridgehead atoms. The number of fused-ring (bicyclic) bond motifs is 1. The van der Waals surface area contributed by atoms with Gasteiger partial charge in [-0.2, -0.15) is 5.26 Å². The van der Waals surface area contributed by atoms with Crippen LogP contribution in [0.3, 0.4) is 0 Å². The van der Waals surface area contributed by atoms with E-state index in [0.717, 1.165) is 31.5 Å². The minimum absolute atomic E-state index is 0.296. The first-order valence-corrected chi connectivity index (χ1v) is 11.9. The average Bonchev–Trinajstić information content (AvgIpc) is 3.37. The molecule has 1 aliphatic rings. The van der Waals surface area contributed by atoms with Gasteiger partial charge in [0.25, 0.3) is 0 Å². The quantitative estimate of drug-likeness (QED) is 0.412. The number of ether oxygens (including phenoxy) is 1. The second kappa shape index (κ2) is 10.1. The van der Waals surface area contributed by atoms with Gasteiger partial charge in [-0.3, -0.25) is 4.40 Å². The highest BCUT2D eigenvalue weighted by atomic mass is 19.1. The van der Waals surface area contributed by atoms with Crippen molar-refractivity contribution in [2.45, 2.75) is 19.4 Å². The van der Waals surface area contributed by atoms with Crippen LogP contribution >= 0.6 is 0 Å². The molecule has 1 fully saturated rings. The number of piperidine rings is 1. The molecule has 1 unspecified atom stereocenters. The lowest BCUT2D eigenvalue weighted by Crippen LogP contribution is -2.34. The van der Waals surface area contributed by atoms with Gasteiger partial charge in [-0.25, -0.2) is 13.8 Å². The third-order valence-electron chi connectivity index (χ3n) is 6.76. The van der Waals surface area contributed by atoms with E-state index in [2.05, 4.69) is 23.0 Å². The van der Waals surface area contributed by atoms with Crippen LogP contribution in [0.5, 0.6) is 5.75 Å². The highest BCUT2D eigenvalue weighted by Gasteiger charge is 2.22. The maximum Gasteiger partial charge on any atom is 0.145 e. The molecule has 1 aliphatic heterocycles. The minimum atomic E-state index is -0.826. The molecule has 0 radical (unpaired) electrons. The Morgan fingerprint density at radius 2 is 1.89 bits per heavy atom. The van der Waals surface area contributed by atoms with Gasteiger partial charge in [0, 0.05) is 29.2 Å². The fourth-order valence-corrected chi connectivity index (χ4v) is 4.92. The summed E-state index contributed by atoms with van der Waals surface area (Å²) in [6.45, 7) is 1.87. The molecule has 2 aromatic carbocycles. The van der Waals surface area contributed by atoms with Crippen LogP contribution < -0.4 is 4.74 Å². The zero-order valence-electron chi connectivity index (χ0n) is 19.9. The molecular formula is C28H26F2N4O2. The summed E-state index contributed by atoms with van der Waals surface area (Å²) in [7, 11) is 2.11. The molecule has 6 nitrogen and oxygen atoms in total. The van der Waals surface area contributed by atoms with Gasteiger partial charge in [0.05, 0.1) is 43.1 Å². The Labute approximate surface area is 208 Å². The molecule has 1 N–H and O–H groups in total. The van der Waals surface area contributed by atoms with Crippen LogP contribution in [0.25, 0.3) is 27.9 Å². The van der Waals surface area contributed by atoms with Crippen LogP contribution in [-0.2, 0) is 6.61 Å². The number of pyridine rings is 1. The Bertz CT molecular complexity index is 1420. The summed E-state index contributed by atoms with van der Waals surface area (Å²) in [5, 5.41) is 18.6. The first kappa shape index (κ1) is 23.9. The van der Waals surface area contributed by atoms with Crippen LogP contribution in [0.15, 0.2) is 55.0 Å². The number of halogens is 2. The van der Waals surface area contributed by atoms with Crippen molar-refractivity contribution in [2.24, 2.45) is 5.92 Å². The smallest absolute Gasteiger partial charge is 0.145 e. The molecule has 3 heterocycles. The van der Waals surface area contributed by atoms with Crippen molar-refractivity contribution in [1.29, 1.82) is 5.26 Å². The Morgan fingerprint density at radius 3 is 2.56 bits per heavy atom. The number of aliphatic hydroxyl groups is 1. The summed E-state index contributed by atoms with van der Waals surface area (Å²) >= 11 is 0. The third kappa shape index (κ3) is 4.55. The number of nitrogens with zero attached hydrogens (tertiary/aromatic N) is 4. The van der Waals surface area contributed by atoms with Crippen molar-refractivity contribution >= 4 is 5.52 Å². The van der Waals surface area contributed by atoms with E-state index in [0.29, 0.717) is 46.2 Å². The summed E-state index contributed by atoms with van der Waals surface area (Å²) in [6, 6.07) is 13.4. The van der Waals surface area contributed by atoms with Gasteiger partial charge in [-0.15, -0.1) is 0 Å². The van der Waals surface area contributed by atoms with Crippen LogP contribution in [-0.4, -0.2) is 46.1 Å². The van der Waals surface area contributed by atoms with E-state index in [-0.39, 0.29) is 5.56 Å². The van der Waals surface area contributed by atoms with Crippen LogP contribution in [0.4, 0.5) is 8.78 Å². The topological polar surface area (TPSA) is 73.8 Å². The number of hydrogen-bond donors (Lipinski definition) is 1. The number of benzene rings is 2. The van der Waals surface area contributed by atoms with Gasteiger partial charge in [0.2, 0.25) is 0 Å². The van der Waals surface area contributed by atoms with Crippen LogP contribution in [0.1, 0.15) is 24.0 Å². The Morgan fingerprint density at radius 1 is 1.14 bits per heavy atom. The zero-order valence-corrected chi connectivity index (χ0v) is 19.9. The SMILES string of the molecule is CN1CCCC(COc2cc(-c3ccc(C#N)cc3)c(-c3cc(F)c(CO)c(F)c3)n3cncc23)C1. The van der Waals surface area contributed by atoms with E-state index in [1.54, 1.807) is 41.2 Å². The number of likely N-dealkylation sites (tertiary alicyclic amines) is 1. The van der Waals surface area contributed by atoms with E-state index in [1.165, 1.54) is 12.1 Å². The van der Waals surface area contributed by atoms with Gasteiger partial charge in [0.15, 0.2) is 0 Å². The van der Waals surface area contributed by atoms with Crippen molar-refractivity contribution in [2.75, 3.05) is 26.7 Å². The molecule has 1 atom stereocenters. The summed E-state index contributed by atoms with van der Waals surface area (Å²) in [5.41, 5.74) is 3.07. The largest absolute Gasteiger partial charge is 0.491 e. The highest BCUT2D eigenvalue weighted by molar-refractivity contribution is 5.86. The first-order chi connectivity index (χ1) is 17.5. The third-order valence-corrected chi connectivity index (χ3v) is 6.76. The standard InChI is InChI=1S/C28H26F2N4O2/c1-33-8-2-3-19(14-33)16-36-27-11-22(20-6-4-18(12-31)5-7-20)28(34-17-32-13-26(27)34)21-9-24(29)23(15-35)25(30)10-21/h4-7,9-11,13,17,19,35H,2-3,8,14-16H2,1H3. The Hall–Kier alpha value is -3.80. The molecule has 1 saturated heterocycles. The molecule has 2 aromatic heterocycles. The predicted octanol–water partition coefficient (Wildman–Crippen LogP) is 5.03. The van der Waals surface area contributed by atoms with E-state index < -0.39 is 18.2 Å². The lowest BCUT2D eigenvalue weighted by molar-refractivity contribution is 0.151. The molecule has 0 amide bonds. The molecule has 0 aliphatic carbocycles. The molecule has 4 aromatic rings. The van der Waals surface area contributed by atoms with E-state index in [9.17, 15) is 19.1 Å². The van der Waals surface area contributed by atoms with Crippen molar-refractivity contribution in [3.63, 3.8) is 0 Å². The number of nitriles is 1. The molecule has 0 saturated carbocycles. The lowest BCUT2D eigenvalue weighted by atomic mass is 9.96. The monoisotopic (exact) mass is 488 g/mol. The number of aromatic nitrogens is 2. The lowest BCUT2D eigenvalue weighted by Gasteiger charge is -2.29. The van der Waals surface area contributed by atoms with Crippen molar-refractivity contribution in [1.82, 2.24) is 14.3 Å². The molecule has 36 heavy (non-hydrogen) atoms. The van der Waals surface area contributed by atoms with Crippen LogP contribution in [0, 0.1) is 28.9 Å². The van der Waals surface area contributed by atoms with Gasteiger partial charge >= 0.3 is 0 Å². The summed E-state index contributed by atoms with van der Waals surface area (Å²) in [4.78, 5) is 6.60. The number of imidazole rings is 1. The normalized spacial score (nSPS) is 16.2. The number of rotatable bonds is 6. The predicted molar refractivity (Wildman–Crippen MR) is 132 cm³/mol. The average molecular weight is 489 g/mol. The summed E-state index contributed by atoms with van der Waals surface area (Å²) < 4.78 is 37.5. The maximum absolute atomic E-state index is 14.7. The van der Waals surface area contributed by atoms with Crippen molar-refractivity contribution in [3.8, 4) is 34.2 Å². The zero-order chi connectivity index (χ0) is 25.2. The van der Waals surface area contributed by atoms with Gasteiger partial charge in [0.1, 0.15) is 22.9 Å². The molecule has 8 heteroatoms. The molecular weight excluding hydrogens is 462 g/mol. The second-order valence-electron chi connectivity index (χ2n) is 9.27. The second-order valence-corrected chi connectivity index (χ2v) is 9.27. The van der Waals surface area contributed by atoms with E-state index in [1.807, 2.05) is 6.07 Å².